The third-order valence-corrected chi connectivity index (χ3v) is 8.16. The Morgan fingerprint density at radius 2 is 1.10 bits per heavy atom. The number of aliphatic hydroxyl groups is 2. The lowest BCUT2D eigenvalue weighted by Crippen LogP contribution is -2.00. The maximum Gasteiger partial charge on any atom is 0.125 e. The highest BCUT2D eigenvalue weighted by Gasteiger charge is 2.08. The summed E-state index contributed by atoms with van der Waals surface area (Å²) in [5.74, 6) is 2.00. The monoisotopic (exact) mass is 940 g/mol. The molecule has 0 unspecified atom stereocenters. The average molecular weight is 945 g/mol. The van der Waals surface area contributed by atoms with Crippen LogP contribution in [0.4, 0.5) is 0 Å². The number of fused-ring (bicyclic) bond motifs is 1. The van der Waals surface area contributed by atoms with Gasteiger partial charge in [-0.15, -0.1) is 11.6 Å². The molecule has 1 aliphatic rings. The van der Waals surface area contributed by atoms with Gasteiger partial charge in [0, 0.05) is 46.0 Å². The van der Waals surface area contributed by atoms with E-state index < -0.39 is 0 Å². The molecule has 4 aromatic carbocycles. The van der Waals surface area contributed by atoms with Gasteiger partial charge in [0.1, 0.15) is 29.6 Å². The molecule has 4 aromatic rings. The number of rotatable bonds is 9. The van der Waals surface area contributed by atoms with Gasteiger partial charge >= 0.3 is 0 Å². The van der Waals surface area contributed by atoms with Gasteiger partial charge in [-0.1, -0.05) is 63.7 Å². The molecule has 262 valence electrons. The molecule has 9 nitrogen and oxygen atoms in total. The summed E-state index contributed by atoms with van der Waals surface area (Å²) in [6.45, 7) is 3.30. The number of aliphatic hydroxyl groups excluding tert-OH is 2. The Labute approximate surface area is 318 Å². The fraction of sp³-hybridized carbons (Fsp3) is 0.294. The number of aromatic hydroxyl groups is 3. The van der Waals surface area contributed by atoms with E-state index in [4.69, 9.17) is 45.9 Å². The van der Waals surface area contributed by atoms with Crippen LogP contribution < -0.4 is 4.74 Å². The van der Waals surface area contributed by atoms with Crippen LogP contribution in [0, 0.1) is 0 Å². The summed E-state index contributed by atoms with van der Waals surface area (Å²) >= 11 is 18.7. The zero-order valence-electron chi connectivity index (χ0n) is 25.8. The van der Waals surface area contributed by atoms with Crippen LogP contribution in [-0.2, 0) is 40.6 Å². The van der Waals surface area contributed by atoms with E-state index in [1.54, 1.807) is 42.5 Å². The maximum atomic E-state index is 9.40. The highest BCUT2D eigenvalue weighted by molar-refractivity contribution is 9.11. The first-order valence-electron chi connectivity index (χ1n) is 14.4. The van der Waals surface area contributed by atoms with Gasteiger partial charge < -0.3 is 44.5 Å². The predicted molar refractivity (Wildman–Crippen MR) is 200 cm³/mol. The van der Waals surface area contributed by atoms with Crippen molar-refractivity contribution in [2.24, 2.45) is 0 Å². The first-order chi connectivity index (χ1) is 23.1. The predicted octanol–water partition coefficient (Wildman–Crippen LogP) is 8.58. The third kappa shape index (κ3) is 16.7. The van der Waals surface area contributed by atoms with Crippen LogP contribution in [0.2, 0.25) is 0 Å². The molecule has 5 rings (SSSR count). The fourth-order valence-corrected chi connectivity index (χ4v) is 5.44. The van der Waals surface area contributed by atoms with Gasteiger partial charge in [-0.05, 0) is 72.8 Å². The van der Waals surface area contributed by atoms with Crippen molar-refractivity contribution in [1.29, 1.82) is 0 Å². The molecule has 0 aromatic heterocycles. The van der Waals surface area contributed by atoms with E-state index in [0.29, 0.717) is 56.6 Å². The second-order valence-electron chi connectivity index (χ2n) is 9.65. The molecule has 14 heteroatoms. The Morgan fingerprint density at radius 3 is 1.60 bits per heavy atom. The number of benzene rings is 4. The van der Waals surface area contributed by atoms with Crippen molar-refractivity contribution in [3.8, 4) is 23.0 Å². The Balaban J connectivity index is 0.000000223. The van der Waals surface area contributed by atoms with Gasteiger partial charge in [0.25, 0.3) is 0 Å². The number of phenols is 3. The lowest BCUT2D eigenvalue weighted by atomic mass is 10.2. The summed E-state index contributed by atoms with van der Waals surface area (Å²) in [5.41, 5.74) is 3.12. The summed E-state index contributed by atoms with van der Waals surface area (Å²) in [6.07, 6.45) is 0. The molecule has 1 aliphatic heterocycles. The topological polar surface area (TPSA) is 138 Å². The van der Waals surface area contributed by atoms with Crippen molar-refractivity contribution < 1.29 is 44.5 Å². The molecule has 48 heavy (non-hydrogen) atoms. The molecule has 0 aliphatic carbocycles. The second-order valence-corrected chi connectivity index (χ2v) is 13.7. The molecular formula is C34H37Br4ClO9. The first kappa shape index (κ1) is 42.3. The van der Waals surface area contributed by atoms with Crippen LogP contribution in [0.25, 0.3) is 0 Å². The minimum absolute atomic E-state index is 0.00519. The first-order valence-corrected chi connectivity index (χ1v) is 18.1. The molecule has 0 amide bonds. The normalized spacial score (nSPS) is 11.6. The molecule has 0 bridgehead atoms. The van der Waals surface area contributed by atoms with E-state index in [9.17, 15) is 10.2 Å². The summed E-state index contributed by atoms with van der Waals surface area (Å²) in [7, 11) is 0. The highest BCUT2D eigenvalue weighted by atomic mass is 79.9. The number of halogens is 5. The second kappa shape index (κ2) is 24.3. The van der Waals surface area contributed by atoms with E-state index in [2.05, 4.69) is 63.7 Å². The molecule has 0 spiro atoms. The van der Waals surface area contributed by atoms with Crippen LogP contribution in [0.5, 0.6) is 23.0 Å². The quantitative estimate of drug-likeness (QED) is 0.0826. The maximum absolute atomic E-state index is 9.40. The van der Waals surface area contributed by atoms with Gasteiger partial charge in [0.05, 0.1) is 52.9 Å². The minimum atomic E-state index is -0.134. The lowest BCUT2D eigenvalue weighted by molar-refractivity contribution is 0.0804. The van der Waals surface area contributed by atoms with E-state index in [1.807, 2.05) is 24.3 Å². The zero-order chi connectivity index (χ0) is 35.3. The molecule has 0 saturated heterocycles. The lowest BCUT2D eigenvalue weighted by Gasteiger charge is -2.05. The minimum Gasteiger partial charge on any atom is -0.508 e. The van der Waals surface area contributed by atoms with E-state index in [0.717, 1.165) is 34.8 Å². The van der Waals surface area contributed by atoms with Crippen molar-refractivity contribution >= 4 is 75.3 Å². The molecule has 5 N–H and O–H groups in total. The van der Waals surface area contributed by atoms with Gasteiger partial charge in [0.2, 0.25) is 0 Å². The summed E-state index contributed by atoms with van der Waals surface area (Å²) < 4.78 is 24.8. The summed E-state index contributed by atoms with van der Waals surface area (Å²) in [6, 6.07) is 21.3. The number of hydrogen-bond donors (Lipinski definition) is 5. The van der Waals surface area contributed by atoms with E-state index in [1.165, 1.54) is 6.07 Å². The zero-order valence-corrected chi connectivity index (χ0v) is 32.9. The largest absolute Gasteiger partial charge is 0.508 e. The average Bonchev–Trinajstić information content (AvgIpc) is 3.31. The van der Waals surface area contributed by atoms with Gasteiger partial charge in [-0.2, -0.15) is 0 Å². The summed E-state index contributed by atoms with van der Waals surface area (Å²) in [5, 5.41) is 45.0. The van der Waals surface area contributed by atoms with Gasteiger partial charge in [-0.25, -0.2) is 0 Å². The van der Waals surface area contributed by atoms with Crippen molar-refractivity contribution in [3.63, 3.8) is 0 Å². The van der Waals surface area contributed by atoms with Crippen LogP contribution >= 0.6 is 75.3 Å². The van der Waals surface area contributed by atoms with Crippen LogP contribution in [0.15, 0.2) is 90.7 Å². The smallest absolute Gasteiger partial charge is 0.125 e. The molecule has 0 radical (unpaired) electrons. The van der Waals surface area contributed by atoms with Crippen LogP contribution in [0.3, 0.4) is 0 Å². The molecular weight excluding hydrogens is 907 g/mol. The van der Waals surface area contributed by atoms with Gasteiger partial charge in [0.15, 0.2) is 0 Å². The Kier molecular flexibility index (Phi) is 21.4. The third-order valence-electron chi connectivity index (χ3n) is 6.03. The number of ether oxygens (including phenoxy) is 4. The number of alkyl halides is 1. The highest BCUT2D eigenvalue weighted by Crippen LogP contribution is 2.26. The van der Waals surface area contributed by atoms with Crippen LogP contribution in [-0.4, -0.2) is 64.4 Å². The number of hydrogen-bond acceptors (Lipinski definition) is 9. The van der Waals surface area contributed by atoms with Crippen molar-refractivity contribution in [1.82, 2.24) is 0 Å². The molecule has 0 atom stereocenters. The van der Waals surface area contributed by atoms with Crippen molar-refractivity contribution in [2.75, 3.05) is 38.9 Å². The fourth-order valence-electron chi connectivity index (χ4n) is 3.70. The Hall–Kier alpha value is -1.91. The number of phenolic OH excluding ortho intramolecular Hbond substituents is 2. The van der Waals surface area contributed by atoms with Crippen molar-refractivity contribution in [3.05, 3.63) is 113 Å². The Bertz CT molecular complexity index is 1470. The van der Waals surface area contributed by atoms with E-state index in [-0.39, 0.29) is 37.1 Å². The summed E-state index contributed by atoms with van der Waals surface area (Å²) in [4.78, 5) is 0. The standard InChI is InChI=1S/C9H10BrClO2.C9H11BrO3.C9H9BrO2.C7H7BrO2/c2*10-8-1-2-9(12)7(5-8)6-13-4-3-11;10-8-1-2-9-7(5-8)6-11-3-4-12-9;8-6-1-2-7(10)5(3-6)4-9/h1-2,5,12H,3-4,6H2;1-2,5,11-12H,3-4,6H2;1-2,5H,3-4,6H2;1-3,9-10H,4H2. The van der Waals surface area contributed by atoms with Gasteiger partial charge in [-0.3, -0.25) is 0 Å². The van der Waals surface area contributed by atoms with Crippen molar-refractivity contribution in [2.45, 2.75) is 26.4 Å². The molecule has 0 fully saturated rings. The SMILES string of the molecule is Brc1ccc2c(c1)COCCO2.OCCOCc1cc(Br)ccc1O.OCc1cc(Br)ccc1O.Oc1ccc(Br)cc1COCCCl. The van der Waals surface area contributed by atoms with E-state index >= 15 is 0 Å². The molecule has 0 saturated carbocycles. The van der Waals surface area contributed by atoms with Crippen LogP contribution in [0.1, 0.15) is 22.3 Å². The molecule has 1 heterocycles. The Morgan fingerprint density at radius 1 is 0.625 bits per heavy atom.